The van der Waals surface area contributed by atoms with E-state index in [0.717, 1.165) is 46.9 Å². The van der Waals surface area contributed by atoms with Crippen LogP contribution in [0.2, 0.25) is 0 Å². The molecule has 10 nitrogen and oxygen atoms in total. The number of aryl methyl sites for hydroxylation is 3. The molecular formula is C26H35N5O5. The first-order chi connectivity index (χ1) is 17.3. The number of anilines is 1. The SMILES string of the molecule is CCc1cc(-c2nnc(-c3cc(C)nc(N(CC)CC)c3)o2)cc(C)c1OC[C@@H](O)CNC(=O)CO. The van der Waals surface area contributed by atoms with Gasteiger partial charge in [-0.1, -0.05) is 6.92 Å². The molecule has 1 amide bonds. The highest BCUT2D eigenvalue weighted by molar-refractivity contribution is 5.76. The van der Waals surface area contributed by atoms with Gasteiger partial charge in [0.1, 0.15) is 30.9 Å². The van der Waals surface area contributed by atoms with E-state index in [9.17, 15) is 9.90 Å². The van der Waals surface area contributed by atoms with E-state index in [0.29, 0.717) is 24.0 Å². The van der Waals surface area contributed by atoms with Gasteiger partial charge in [-0.3, -0.25) is 4.79 Å². The van der Waals surface area contributed by atoms with E-state index in [2.05, 4.69) is 39.2 Å². The van der Waals surface area contributed by atoms with Gasteiger partial charge >= 0.3 is 0 Å². The van der Waals surface area contributed by atoms with Crippen molar-refractivity contribution in [2.45, 2.75) is 47.1 Å². The standard InChI is InChI=1S/C26H35N5O5/c1-6-18-11-19(9-16(4)24(18)35-15-21(33)13-27-23(34)14-32)25-29-30-26(36-25)20-10-17(5)28-22(12-20)31(7-2)8-3/h9-12,21,32-33H,6-8,13-15H2,1-5H3,(H,27,34)/t21-/m0/s1. The summed E-state index contributed by atoms with van der Waals surface area (Å²) in [6, 6.07) is 7.74. The highest BCUT2D eigenvalue weighted by Gasteiger charge is 2.17. The Labute approximate surface area is 211 Å². The second-order valence-corrected chi connectivity index (χ2v) is 8.50. The Morgan fingerprint density at radius 2 is 1.75 bits per heavy atom. The van der Waals surface area contributed by atoms with Crippen molar-refractivity contribution < 1.29 is 24.2 Å². The monoisotopic (exact) mass is 497 g/mol. The summed E-state index contributed by atoms with van der Waals surface area (Å²) >= 11 is 0. The summed E-state index contributed by atoms with van der Waals surface area (Å²) in [5.74, 6) is 1.82. The van der Waals surface area contributed by atoms with Crippen LogP contribution < -0.4 is 15.0 Å². The Bertz CT molecular complexity index is 1180. The molecule has 0 aliphatic carbocycles. The maximum Gasteiger partial charge on any atom is 0.248 e. The average molecular weight is 498 g/mol. The van der Waals surface area contributed by atoms with Crippen molar-refractivity contribution in [1.82, 2.24) is 20.5 Å². The molecule has 1 atom stereocenters. The van der Waals surface area contributed by atoms with E-state index in [-0.39, 0.29) is 13.2 Å². The van der Waals surface area contributed by atoms with Crippen LogP contribution in [0.25, 0.3) is 22.9 Å². The Balaban J connectivity index is 1.81. The third-order valence-electron chi connectivity index (χ3n) is 5.78. The van der Waals surface area contributed by atoms with Gasteiger partial charge in [-0.25, -0.2) is 4.98 Å². The van der Waals surface area contributed by atoms with Crippen LogP contribution in [0.1, 0.15) is 37.6 Å². The van der Waals surface area contributed by atoms with Crippen molar-refractivity contribution >= 4 is 11.7 Å². The average Bonchev–Trinajstić information content (AvgIpc) is 3.37. The molecule has 0 aliphatic heterocycles. The lowest BCUT2D eigenvalue weighted by Gasteiger charge is -2.20. The lowest BCUT2D eigenvalue weighted by Crippen LogP contribution is -2.36. The molecular weight excluding hydrogens is 462 g/mol. The number of carbonyl (C=O) groups is 1. The molecule has 1 aromatic carbocycles. The molecule has 0 saturated carbocycles. The topological polar surface area (TPSA) is 134 Å². The van der Waals surface area contributed by atoms with E-state index in [1.165, 1.54) is 0 Å². The molecule has 3 N–H and O–H groups in total. The van der Waals surface area contributed by atoms with Crippen LogP contribution in [-0.4, -0.2) is 70.3 Å². The fourth-order valence-corrected chi connectivity index (χ4v) is 3.91. The van der Waals surface area contributed by atoms with E-state index in [4.69, 9.17) is 14.3 Å². The first-order valence-electron chi connectivity index (χ1n) is 12.2. The summed E-state index contributed by atoms with van der Waals surface area (Å²) in [5, 5.41) is 29.9. The molecule has 2 aromatic heterocycles. The summed E-state index contributed by atoms with van der Waals surface area (Å²) in [6.45, 7) is 11.1. The van der Waals surface area contributed by atoms with Crippen molar-refractivity contribution in [2.75, 3.05) is 37.7 Å². The summed E-state index contributed by atoms with van der Waals surface area (Å²) in [4.78, 5) is 18.0. The normalized spacial score (nSPS) is 11.9. The lowest BCUT2D eigenvalue weighted by atomic mass is 10.0. The van der Waals surface area contributed by atoms with Crippen LogP contribution in [0.4, 0.5) is 5.82 Å². The summed E-state index contributed by atoms with van der Waals surface area (Å²) in [5.41, 5.74) is 4.26. The van der Waals surface area contributed by atoms with Crippen molar-refractivity contribution in [3.63, 3.8) is 0 Å². The molecule has 0 unspecified atom stereocenters. The van der Waals surface area contributed by atoms with Crippen molar-refractivity contribution in [3.8, 4) is 28.7 Å². The van der Waals surface area contributed by atoms with Crippen LogP contribution in [0, 0.1) is 13.8 Å². The van der Waals surface area contributed by atoms with Crippen LogP contribution >= 0.6 is 0 Å². The fraction of sp³-hybridized carbons (Fsp3) is 0.462. The largest absolute Gasteiger partial charge is 0.490 e. The number of hydrogen-bond acceptors (Lipinski definition) is 9. The molecule has 0 bridgehead atoms. The summed E-state index contributed by atoms with van der Waals surface area (Å²) < 4.78 is 11.9. The molecule has 10 heteroatoms. The number of pyridine rings is 1. The number of benzene rings is 1. The van der Waals surface area contributed by atoms with Crippen molar-refractivity contribution in [2.24, 2.45) is 0 Å². The van der Waals surface area contributed by atoms with E-state index in [1.54, 1.807) is 0 Å². The second kappa shape index (κ2) is 12.5. The number of rotatable bonds is 12. The first kappa shape index (κ1) is 27.1. The molecule has 0 aliphatic rings. The molecule has 0 fully saturated rings. The summed E-state index contributed by atoms with van der Waals surface area (Å²) in [6.07, 6.45) is -0.216. The molecule has 0 radical (unpaired) electrons. The predicted molar refractivity (Wildman–Crippen MR) is 137 cm³/mol. The van der Waals surface area contributed by atoms with Gasteiger partial charge in [0.15, 0.2) is 0 Å². The molecule has 3 rings (SSSR count). The first-order valence-corrected chi connectivity index (χ1v) is 12.2. The Kier molecular flexibility index (Phi) is 9.38. The lowest BCUT2D eigenvalue weighted by molar-refractivity contribution is -0.124. The van der Waals surface area contributed by atoms with E-state index < -0.39 is 18.6 Å². The van der Waals surface area contributed by atoms with E-state index >= 15 is 0 Å². The number of carbonyl (C=O) groups excluding carboxylic acids is 1. The van der Waals surface area contributed by atoms with Gasteiger partial charge in [0.05, 0.1) is 0 Å². The number of aliphatic hydroxyl groups is 2. The minimum absolute atomic E-state index is 0.000133. The maximum atomic E-state index is 11.2. The van der Waals surface area contributed by atoms with Crippen molar-refractivity contribution in [3.05, 3.63) is 41.1 Å². The highest BCUT2D eigenvalue weighted by Crippen LogP contribution is 2.32. The maximum absolute atomic E-state index is 11.2. The highest BCUT2D eigenvalue weighted by atomic mass is 16.5. The third kappa shape index (κ3) is 6.58. The fourth-order valence-electron chi connectivity index (χ4n) is 3.91. The third-order valence-corrected chi connectivity index (χ3v) is 5.78. The minimum atomic E-state index is -0.909. The van der Waals surface area contributed by atoms with Crippen LogP contribution in [0.5, 0.6) is 5.75 Å². The smallest absolute Gasteiger partial charge is 0.248 e. The number of nitrogens with one attached hydrogen (secondary N) is 1. The van der Waals surface area contributed by atoms with Crippen LogP contribution in [0.3, 0.4) is 0 Å². The Morgan fingerprint density at radius 1 is 1.08 bits per heavy atom. The number of nitrogens with zero attached hydrogens (tertiary/aromatic N) is 4. The van der Waals surface area contributed by atoms with Gasteiger partial charge in [0.2, 0.25) is 17.7 Å². The number of ether oxygens (including phenoxy) is 1. The number of hydrogen-bond donors (Lipinski definition) is 3. The molecule has 2 heterocycles. The summed E-state index contributed by atoms with van der Waals surface area (Å²) in [7, 11) is 0. The van der Waals surface area contributed by atoms with Gasteiger partial charge < -0.3 is 29.6 Å². The van der Waals surface area contributed by atoms with Gasteiger partial charge in [-0.2, -0.15) is 0 Å². The number of aromatic nitrogens is 3. The van der Waals surface area contributed by atoms with Gasteiger partial charge in [-0.05, 0) is 69.5 Å². The molecule has 36 heavy (non-hydrogen) atoms. The zero-order valence-electron chi connectivity index (χ0n) is 21.5. The second-order valence-electron chi connectivity index (χ2n) is 8.50. The van der Waals surface area contributed by atoms with Gasteiger partial charge in [0.25, 0.3) is 0 Å². The van der Waals surface area contributed by atoms with Crippen molar-refractivity contribution in [1.29, 1.82) is 0 Å². The van der Waals surface area contributed by atoms with Crippen LogP contribution in [0.15, 0.2) is 28.7 Å². The zero-order chi connectivity index (χ0) is 26.2. The van der Waals surface area contributed by atoms with Gasteiger partial charge in [-0.15, -0.1) is 10.2 Å². The van der Waals surface area contributed by atoms with E-state index in [1.807, 2.05) is 45.0 Å². The quantitative estimate of drug-likeness (QED) is 0.345. The minimum Gasteiger partial charge on any atom is -0.490 e. The number of aliphatic hydroxyl groups excluding tert-OH is 2. The molecule has 194 valence electrons. The predicted octanol–water partition coefficient (Wildman–Crippen LogP) is 2.67. The number of amides is 1. The van der Waals surface area contributed by atoms with Gasteiger partial charge in [0, 0.05) is 36.5 Å². The Morgan fingerprint density at radius 3 is 2.36 bits per heavy atom. The zero-order valence-corrected chi connectivity index (χ0v) is 21.5. The Hall–Kier alpha value is -3.50. The molecule has 0 spiro atoms. The van der Waals surface area contributed by atoms with Crippen LogP contribution in [-0.2, 0) is 11.2 Å². The molecule has 3 aromatic rings. The molecule has 0 saturated heterocycles.